The molecule has 0 fully saturated rings. The van der Waals surface area contributed by atoms with Gasteiger partial charge in [0.15, 0.2) is 0 Å². The maximum atomic E-state index is 11.9. The summed E-state index contributed by atoms with van der Waals surface area (Å²) in [6.45, 7) is 2.07. The Bertz CT molecular complexity index is 575. The van der Waals surface area contributed by atoms with Gasteiger partial charge >= 0.3 is 0 Å². The second-order valence-corrected chi connectivity index (χ2v) is 6.10. The molecule has 1 aromatic rings. The Morgan fingerprint density at radius 1 is 1.45 bits per heavy atom. The molecular weight excluding hydrogens is 292 g/mol. The summed E-state index contributed by atoms with van der Waals surface area (Å²) in [6, 6.07) is 9.60. The maximum absolute atomic E-state index is 11.9. The monoisotopic (exact) mass is 306 g/mol. The first-order chi connectivity index (χ1) is 9.65. The van der Waals surface area contributed by atoms with Crippen molar-refractivity contribution < 1.29 is 4.79 Å². The molecule has 1 aliphatic heterocycles. The van der Waals surface area contributed by atoms with Gasteiger partial charge in [-0.2, -0.15) is 5.26 Å². The number of benzene rings is 1. The number of allylic oxidation sites excluding steroid dienone is 1. The average molecular weight is 307 g/mol. The van der Waals surface area contributed by atoms with E-state index in [9.17, 15) is 10.1 Å². The molecule has 0 aliphatic carbocycles. The minimum absolute atomic E-state index is 0.0393. The van der Waals surface area contributed by atoms with E-state index in [1.165, 1.54) is 11.8 Å². The Hall–Kier alpha value is -1.44. The second kappa shape index (κ2) is 6.83. The third-order valence-electron chi connectivity index (χ3n) is 3.08. The number of amides is 1. The SMILES string of the molecule is CCCSC1=C(C#N)C(c2ccc(Cl)cc2)CC(=O)N1. The molecule has 5 heteroatoms. The van der Waals surface area contributed by atoms with Gasteiger partial charge in [-0.15, -0.1) is 11.8 Å². The highest BCUT2D eigenvalue weighted by atomic mass is 35.5. The quantitative estimate of drug-likeness (QED) is 0.920. The lowest BCUT2D eigenvalue weighted by atomic mass is 9.87. The lowest BCUT2D eigenvalue weighted by Crippen LogP contribution is -2.30. The first-order valence-electron chi connectivity index (χ1n) is 6.48. The van der Waals surface area contributed by atoms with Crippen LogP contribution in [0.3, 0.4) is 0 Å². The van der Waals surface area contributed by atoms with Crippen LogP contribution in [0.5, 0.6) is 0 Å². The molecular formula is C15H15ClN2OS. The molecule has 0 spiro atoms. The molecule has 0 radical (unpaired) electrons. The van der Waals surface area contributed by atoms with Crippen LogP contribution in [-0.4, -0.2) is 11.7 Å². The zero-order valence-corrected chi connectivity index (χ0v) is 12.7. The molecule has 1 atom stereocenters. The van der Waals surface area contributed by atoms with Gasteiger partial charge in [-0.1, -0.05) is 30.7 Å². The van der Waals surface area contributed by atoms with Crippen molar-refractivity contribution >= 4 is 29.3 Å². The van der Waals surface area contributed by atoms with Crippen molar-refractivity contribution in [3.63, 3.8) is 0 Å². The Labute approximate surface area is 128 Å². The molecule has 20 heavy (non-hydrogen) atoms. The number of hydrogen-bond donors (Lipinski definition) is 1. The van der Waals surface area contributed by atoms with Gasteiger partial charge in [0.1, 0.15) is 0 Å². The van der Waals surface area contributed by atoms with Gasteiger partial charge in [0.2, 0.25) is 5.91 Å². The van der Waals surface area contributed by atoms with Crippen molar-refractivity contribution in [1.82, 2.24) is 5.32 Å². The molecule has 0 saturated heterocycles. The summed E-state index contributed by atoms with van der Waals surface area (Å²) >= 11 is 7.42. The highest BCUT2D eigenvalue weighted by molar-refractivity contribution is 8.03. The van der Waals surface area contributed by atoms with Crippen LogP contribution in [0.1, 0.15) is 31.2 Å². The molecule has 1 aliphatic rings. The number of nitrogens with zero attached hydrogens (tertiary/aromatic N) is 1. The first-order valence-corrected chi connectivity index (χ1v) is 7.84. The summed E-state index contributed by atoms with van der Waals surface area (Å²) in [5.74, 6) is 0.668. The van der Waals surface area contributed by atoms with Gasteiger partial charge in [-0.05, 0) is 29.9 Å². The number of rotatable bonds is 4. The van der Waals surface area contributed by atoms with Crippen LogP contribution in [0.15, 0.2) is 34.9 Å². The minimum atomic E-state index is -0.176. The Balaban J connectivity index is 2.37. The zero-order valence-electron chi connectivity index (χ0n) is 11.1. The maximum Gasteiger partial charge on any atom is 0.225 e. The highest BCUT2D eigenvalue weighted by Crippen LogP contribution is 2.36. The summed E-state index contributed by atoms with van der Waals surface area (Å²) in [6.07, 6.45) is 1.30. The van der Waals surface area contributed by atoms with Crippen LogP contribution in [0, 0.1) is 11.3 Å². The number of nitriles is 1. The fraction of sp³-hybridized carbons (Fsp3) is 0.333. The molecule has 0 aromatic heterocycles. The Kier molecular flexibility index (Phi) is 5.11. The number of thioether (sulfide) groups is 1. The predicted molar refractivity (Wildman–Crippen MR) is 82.3 cm³/mol. The third-order valence-corrected chi connectivity index (χ3v) is 4.55. The van der Waals surface area contributed by atoms with Gasteiger partial charge in [0.05, 0.1) is 16.7 Å². The minimum Gasteiger partial charge on any atom is -0.320 e. The van der Waals surface area contributed by atoms with Crippen LogP contribution in [-0.2, 0) is 4.79 Å². The number of carbonyl (C=O) groups excluding carboxylic acids is 1. The predicted octanol–water partition coefficient (Wildman–Crippen LogP) is 3.82. The Morgan fingerprint density at radius 3 is 2.75 bits per heavy atom. The van der Waals surface area contributed by atoms with E-state index in [1.807, 2.05) is 12.1 Å². The molecule has 1 N–H and O–H groups in total. The van der Waals surface area contributed by atoms with Crippen molar-refractivity contribution in [1.29, 1.82) is 5.26 Å². The second-order valence-electron chi connectivity index (χ2n) is 4.56. The van der Waals surface area contributed by atoms with E-state index in [2.05, 4.69) is 18.3 Å². The highest BCUT2D eigenvalue weighted by Gasteiger charge is 2.29. The Morgan fingerprint density at radius 2 is 2.15 bits per heavy atom. The fourth-order valence-electron chi connectivity index (χ4n) is 2.12. The van der Waals surface area contributed by atoms with Crippen LogP contribution in [0.25, 0.3) is 0 Å². The summed E-state index contributed by atoms with van der Waals surface area (Å²) in [5, 5.41) is 13.6. The van der Waals surface area contributed by atoms with E-state index in [0.29, 0.717) is 22.0 Å². The van der Waals surface area contributed by atoms with Crippen LogP contribution in [0.2, 0.25) is 5.02 Å². The first kappa shape index (κ1) is 15.0. The number of halogens is 1. The molecule has 1 amide bonds. The van der Waals surface area contributed by atoms with Crippen molar-refractivity contribution in [3.8, 4) is 6.07 Å². The standard InChI is InChI=1S/C15H15ClN2OS/c1-2-7-20-15-13(9-17)12(8-14(19)18-15)10-3-5-11(16)6-4-10/h3-6,12H,2,7-8H2,1H3,(H,18,19). The van der Waals surface area contributed by atoms with E-state index in [4.69, 9.17) is 11.6 Å². The normalized spacial score (nSPS) is 18.6. The van der Waals surface area contributed by atoms with Gasteiger partial charge in [0, 0.05) is 17.4 Å². The summed E-state index contributed by atoms with van der Waals surface area (Å²) in [5.41, 5.74) is 1.60. The smallest absolute Gasteiger partial charge is 0.225 e. The van der Waals surface area contributed by atoms with Crippen LogP contribution < -0.4 is 5.32 Å². The largest absolute Gasteiger partial charge is 0.320 e. The lowest BCUT2D eigenvalue weighted by molar-refractivity contribution is -0.120. The summed E-state index contributed by atoms with van der Waals surface area (Å²) < 4.78 is 0. The summed E-state index contributed by atoms with van der Waals surface area (Å²) in [4.78, 5) is 11.9. The number of nitrogens with one attached hydrogen (secondary N) is 1. The molecule has 104 valence electrons. The van der Waals surface area contributed by atoms with Gasteiger partial charge in [-0.3, -0.25) is 4.79 Å². The van der Waals surface area contributed by atoms with E-state index in [0.717, 1.165) is 17.7 Å². The van der Waals surface area contributed by atoms with Gasteiger partial charge in [0.25, 0.3) is 0 Å². The van der Waals surface area contributed by atoms with Crippen LogP contribution in [0.4, 0.5) is 0 Å². The van der Waals surface area contributed by atoms with Crippen molar-refractivity contribution in [2.75, 3.05) is 5.75 Å². The van der Waals surface area contributed by atoms with Crippen LogP contribution >= 0.6 is 23.4 Å². The van der Waals surface area contributed by atoms with Crippen molar-refractivity contribution in [2.45, 2.75) is 25.7 Å². The zero-order chi connectivity index (χ0) is 14.5. The molecule has 1 heterocycles. The lowest BCUT2D eigenvalue weighted by Gasteiger charge is -2.25. The van der Waals surface area contributed by atoms with Crippen molar-refractivity contribution in [3.05, 3.63) is 45.5 Å². The molecule has 1 aromatic carbocycles. The average Bonchev–Trinajstić information content (AvgIpc) is 2.45. The van der Waals surface area contributed by atoms with E-state index in [1.54, 1.807) is 12.1 Å². The van der Waals surface area contributed by atoms with E-state index in [-0.39, 0.29) is 11.8 Å². The summed E-state index contributed by atoms with van der Waals surface area (Å²) in [7, 11) is 0. The third kappa shape index (κ3) is 3.36. The van der Waals surface area contributed by atoms with E-state index >= 15 is 0 Å². The molecule has 2 rings (SSSR count). The molecule has 0 saturated carbocycles. The molecule has 0 bridgehead atoms. The van der Waals surface area contributed by atoms with Crippen molar-refractivity contribution in [2.24, 2.45) is 0 Å². The number of carbonyl (C=O) groups is 1. The van der Waals surface area contributed by atoms with Gasteiger partial charge in [-0.25, -0.2) is 0 Å². The molecule has 1 unspecified atom stereocenters. The fourth-order valence-corrected chi connectivity index (χ4v) is 3.18. The van der Waals surface area contributed by atoms with Gasteiger partial charge < -0.3 is 5.32 Å². The van der Waals surface area contributed by atoms with E-state index < -0.39 is 0 Å². The topological polar surface area (TPSA) is 52.9 Å². The molecule has 3 nitrogen and oxygen atoms in total. The number of hydrogen-bond acceptors (Lipinski definition) is 3.